The minimum Gasteiger partial charge on any atom is -0.744 e. The molecule has 6 heteroatoms. The van der Waals surface area contributed by atoms with E-state index in [0.29, 0.717) is 17.5 Å². The van der Waals surface area contributed by atoms with Crippen molar-refractivity contribution in [3.05, 3.63) is 130 Å². The second-order valence-corrected chi connectivity index (χ2v) is 13.8. The van der Waals surface area contributed by atoms with E-state index >= 15 is 0 Å². The molecule has 0 heterocycles. The molecule has 226 valence electrons. The third-order valence-corrected chi connectivity index (χ3v) is 10.4. The molecular weight excluding hydrogens is 568 g/mol. The summed E-state index contributed by atoms with van der Waals surface area (Å²) in [4.78, 5) is 14.4. The summed E-state index contributed by atoms with van der Waals surface area (Å²) in [5, 5.41) is 2.33. The number of esters is 1. The highest BCUT2D eigenvalue weighted by molar-refractivity contribution is 7.85. The van der Waals surface area contributed by atoms with Crippen LogP contribution in [0.5, 0.6) is 5.75 Å². The quantitative estimate of drug-likeness (QED) is 0.129. The van der Waals surface area contributed by atoms with Gasteiger partial charge in [-0.15, -0.1) is 0 Å². The first-order valence-corrected chi connectivity index (χ1v) is 16.7. The Morgan fingerprint density at radius 1 is 0.841 bits per heavy atom. The number of aryl methyl sites for hydroxylation is 2. The fourth-order valence-corrected chi connectivity index (χ4v) is 8.29. The van der Waals surface area contributed by atoms with Gasteiger partial charge in [-0.1, -0.05) is 98.8 Å². The molecular formula is C38H37O5S-. The third-order valence-electron chi connectivity index (χ3n) is 9.49. The zero-order valence-electron chi connectivity index (χ0n) is 25.5. The molecule has 0 spiro atoms. The van der Waals surface area contributed by atoms with Crippen molar-refractivity contribution in [3.8, 4) is 5.75 Å². The van der Waals surface area contributed by atoms with Crippen molar-refractivity contribution in [2.75, 3.05) is 0 Å². The van der Waals surface area contributed by atoms with E-state index in [4.69, 9.17) is 4.74 Å². The van der Waals surface area contributed by atoms with Crippen molar-refractivity contribution in [3.63, 3.8) is 0 Å². The molecule has 4 aromatic rings. The predicted octanol–water partition coefficient (Wildman–Crippen LogP) is 8.58. The Kier molecular flexibility index (Phi) is 8.08. The predicted molar refractivity (Wildman–Crippen MR) is 173 cm³/mol. The lowest BCUT2D eigenvalue weighted by atomic mass is 9.59. The van der Waals surface area contributed by atoms with Crippen LogP contribution in [-0.2, 0) is 14.9 Å². The molecule has 5 nitrogen and oxygen atoms in total. The number of benzene rings is 4. The van der Waals surface area contributed by atoms with E-state index in [0.717, 1.165) is 22.9 Å². The number of allylic oxidation sites excluding steroid dienone is 4. The molecule has 4 aromatic carbocycles. The maximum Gasteiger partial charge on any atom is 0.315 e. The molecule has 0 N–H and O–H groups in total. The molecule has 0 saturated carbocycles. The number of carbonyl (C=O) groups excluding carboxylic acids is 1. The molecule has 2 aliphatic rings. The molecule has 0 radical (unpaired) electrons. The molecule has 0 fully saturated rings. The van der Waals surface area contributed by atoms with Gasteiger partial charge in [0.05, 0.1) is 10.8 Å². The number of fused-ring (bicyclic) bond motifs is 7. The first kappa shape index (κ1) is 30.0. The molecule has 2 bridgehead atoms. The lowest BCUT2D eigenvalue weighted by Gasteiger charge is -2.44. The summed E-state index contributed by atoms with van der Waals surface area (Å²) in [5.41, 5.74) is 5.52. The van der Waals surface area contributed by atoms with Crippen molar-refractivity contribution in [1.29, 1.82) is 0 Å². The summed E-state index contributed by atoms with van der Waals surface area (Å²) in [5.74, 6) is -1.06. The monoisotopic (exact) mass is 605 g/mol. The van der Waals surface area contributed by atoms with Crippen molar-refractivity contribution in [2.24, 2.45) is 5.92 Å². The summed E-state index contributed by atoms with van der Waals surface area (Å²) in [7, 11) is -4.70. The maximum atomic E-state index is 14.7. The minimum atomic E-state index is -4.70. The first-order chi connectivity index (χ1) is 21.1. The SMILES string of the molecule is Cc1cc(S(=O)(=O)[O-])c(C(C)C)cc1OC(=O)C1C2C/C=C\C=C/CC(c3ccccc32)C1c1ccc2ccccc2c1C. The van der Waals surface area contributed by atoms with Crippen LogP contribution < -0.4 is 4.74 Å². The number of carbonyl (C=O) groups is 1. The Morgan fingerprint density at radius 3 is 2.16 bits per heavy atom. The lowest BCUT2D eigenvalue weighted by molar-refractivity contribution is -0.141. The van der Waals surface area contributed by atoms with Crippen molar-refractivity contribution in [1.82, 2.24) is 0 Å². The largest absolute Gasteiger partial charge is 0.744 e. The van der Waals surface area contributed by atoms with Crippen LogP contribution in [0, 0.1) is 19.8 Å². The topological polar surface area (TPSA) is 83.5 Å². The summed E-state index contributed by atoms with van der Waals surface area (Å²) in [6, 6.07) is 24.0. The van der Waals surface area contributed by atoms with Crippen LogP contribution in [-0.4, -0.2) is 18.9 Å². The van der Waals surface area contributed by atoms with E-state index in [9.17, 15) is 17.8 Å². The van der Waals surface area contributed by atoms with Crippen molar-refractivity contribution < 1.29 is 22.5 Å². The van der Waals surface area contributed by atoms with Gasteiger partial charge in [-0.2, -0.15) is 0 Å². The summed E-state index contributed by atoms with van der Waals surface area (Å²) in [6.07, 6.45) is 9.91. The molecule has 0 saturated heterocycles. The van der Waals surface area contributed by atoms with Gasteiger partial charge in [0.1, 0.15) is 15.9 Å². The summed E-state index contributed by atoms with van der Waals surface area (Å²) >= 11 is 0. The smallest absolute Gasteiger partial charge is 0.315 e. The van der Waals surface area contributed by atoms with Gasteiger partial charge in [0, 0.05) is 11.8 Å². The highest BCUT2D eigenvalue weighted by Gasteiger charge is 2.47. The van der Waals surface area contributed by atoms with E-state index in [-0.39, 0.29) is 40.3 Å². The first-order valence-electron chi connectivity index (χ1n) is 15.3. The van der Waals surface area contributed by atoms with E-state index in [2.05, 4.69) is 73.7 Å². The fourth-order valence-electron chi connectivity index (χ4n) is 7.39. The lowest BCUT2D eigenvalue weighted by Crippen LogP contribution is -2.39. The van der Waals surface area contributed by atoms with E-state index in [1.807, 2.05) is 32.0 Å². The van der Waals surface area contributed by atoms with Gasteiger partial charge in [-0.25, -0.2) is 8.42 Å². The van der Waals surface area contributed by atoms with Crippen LogP contribution in [0.3, 0.4) is 0 Å². The van der Waals surface area contributed by atoms with Gasteiger partial charge in [-0.05, 0) is 94.8 Å². The minimum absolute atomic E-state index is 0.0444. The zero-order chi connectivity index (χ0) is 31.2. The molecule has 44 heavy (non-hydrogen) atoms. The van der Waals surface area contributed by atoms with E-state index in [1.54, 1.807) is 13.0 Å². The zero-order valence-corrected chi connectivity index (χ0v) is 26.3. The molecule has 0 amide bonds. The van der Waals surface area contributed by atoms with Crippen LogP contribution in [0.2, 0.25) is 0 Å². The van der Waals surface area contributed by atoms with Gasteiger partial charge in [0.2, 0.25) is 0 Å². The number of ether oxygens (including phenoxy) is 1. The molecule has 0 aromatic heterocycles. The van der Waals surface area contributed by atoms with Gasteiger partial charge in [0.15, 0.2) is 0 Å². The van der Waals surface area contributed by atoms with E-state index in [1.165, 1.54) is 22.6 Å². The van der Waals surface area contributed by atoms with Crippen molar-refractivity contribution >= 4 is 26.9 Å². The second-order valence-electron chi connectivity index (χ2n) is 12.4. The standard InChI is InChI=1S/C38H38O5S/c1-23(2)33-22-34(24(3)21-35(33)44(40,41)42)43-38(39)37-32-18-8-6-5-7-17-31(29-15-11-12-16-30(29)32)36(37)28-20-19-26-13-9-10-14-27(26)25(28)4/h5-16,19-23,31-32,36-37H,17-18H2,1-4H3,(H,40,41,42)/p-1/b7-5-,8-6-. The Balaban J connectivity index is 1.54. The second kappa shape index (κ2) is 11.8. The molecule has 4 unspecified atom stereocenters. The average Bonchev–Trinajstić information content (AvgIpc) is 3.00. The van der Waals surface area contributed by atoms with Gasteiger partial charge in [0.25, 0.3) is 0 Å². The Morgan fingerprint density at radius 2 is 1.48 bits per heavy atom. The molecule has 6 rings (SSSR count). The number of hydrogen-bond acceptors (Lipinski definition) is 5. The third kappa shape index (κ3) is 5.42. The molecule has 0 aliphatic heterocycles. The highest BCUT2D eigenvalue weighted by Crippen LogP contribution is 2.55. The van der Waals surface area contributed by atoms with Crippen LogP contribution in [0.25, 0.3) is 10.8 Å². The molecule has 4 atom stereocenters. The van der Waals surface area contributed by atoms with Crippen LogP contribution in [0.1, 0.15) is 83.7 Å². The Hall–Kier alpha value is -4.00. The van der Waals surface area contributed by atoms with Gasteiger partial charge in [-0.3, -0.25) is 4.79 Å². The normalized spacial score (nSPS) is 22.9. The summed E-state index contributed by atoms with van der Waals surface area (Å²) in [6.45, 7) is 7.46. The van der Waals surface area contributed by atoms with Crippen LogP contribution in [0.4, 0.5) is 0 Å². The average molecular weight is 606 g/mol. The fraction of sp³-hybridized carbons (Fsp3) is 0.289. The van der Waals surface area contributed by atoms with Crippen molar-refractivity contribution in [2.45, 2.75) is 69.1 Å². The van der Waals surface area contributed by atoms with Gasteiger partial charge < -0.3 is 9.29 Å². The van der Waals surface area contributed by atoms with E-state index < -0.39 is 16.0 Å². The van der Waals surface area contributed by atoms with Crippen LogP contribution >= 0.6 is 0 Å². The van der Waals surface area contributed by atoms with Crippen LogP contribution in [0.15, 0.2) is 102 Å². The van der Waals surface area contributed by atoms with Gasteiger partial charge >= 0.3 is 5.97 Å². The Bertz CT molecular complexity index is 1920. The number of hydrogen-bond donors (Lipinski definition) is 0. The molecule has 2 aliphatic carbocycles. The maximum absolute atomic E-state index is 14.7. The number of rotatable bonds is 5. The Labute approximate surface area is 260 Å². The summed E-state index contributed by atoms with van der Waals surface area (Å²) < 4.78 is 42.5. The highest BCUT2D eigenvalue weighted by atomic mass is 32.2.